The van der Waals surface area contributed by atoms with Crippen molar-refractivity contribution in [1.82, 2.24) is 0 Å². The molecular weight excluding hydrogens is 272 g/mol. The van der Waals surface area contributed by atoms with Crippen LogP contribution >= 0.6 is 0 Å². The number of hydrogen-bond donors (Lipinski definition) is 0. The molecule has 0 aliphatic heterocycles. The zero-order valence-electron chi connectivity index (χ0n) is 11.4. The van der Waals surface area contributed by atoms with Gasteiger partial charge in [-0.25, -0.2) is 0 Å². The molecular formula is C16H10O5. The van der Waals surface area contributed by atoms with Crippen molar-refractivity contribution in [2.45, 2.75) is 13.8 Å². The van der Waals surface area contributed by atoms with Gasteiger partial charge in [0, 0.05) is 23.6 Å². The molecule has 0 bridgehead atoms. The summed E-state index contributed by atoms with van der Waals surface area (Å²) in [6.45, 7) is 2.67. The average Bonchev–Trinajstić information content (AvgIpc) is 2.90. The number of Topliss-reactive ketones (excluding diaryl/α,β-unsaturated/α-hetero) is 2. The minimum absolute atomic E-state index is 0.0266. The number of rotatable bonds is 2. The predicted molar refractivity (Wildman–Crippen MR) is 72.0 cm³/mol. The van der Waals surface area contributed by atoms with Gasteiger partial charge in [-0.05, 0) is 25.1 Å². The molecule has 5 nitrogen and oxygen atoms in total. The largest absolute Gasteiger partial charge is 0.449 e. The summed E-state index contributed by atoms with van der Waals surface area (Å²) in [6.07, 6.45) is 0. The fraction of sp³-hybridized carbons (Fsp3) is 0.125. The molecule has 0 atom stereocenters. The molecule has 5 heteroatoms. The van der Waals surface area contributed by atoms with Crippen molar-refractivity contribution in [2.75, 3.05) is 0 Å². The molecule has 1 heterocycles. The molecule has 1 aromatic carbocycles. The van der Waals surface area contributed by atoms with E-state index in [1.165, 1.54) is 38.1 Å². The van der Waals surface area contributed by atoms with E-state index in [1.54, 1.807) is 0 Å². The Morgan fingerprint density at radius 2 is 1.57 bits per heavy atom. The van der Waals surface area contributed by atoms with Gasteiger partial charge in [0.05, 0.1) is 5.56 Å². The third-order valence-corrected chi connectivity index (χ3v) is 3.45. The third kappa shape index (κ3) is 1.86. The minimum atomic E-state index is -0.456. The highest BCUT2D eigenvalue weighted by molar-refractivity contribution is 6.28. The second-order valence-corrected chi connectivity index (χ2v) is 4.88. The first-order valence-electron chi connectivity index (χ1n) is 6.29. The van der Waals surface area contributed by atoms with E-state index in [2.05, 4.69) is 0 Å². The smallest absolute Gasteiger partial charge is 0.229 e. The summed E-state index contributed by atoms with van der Waals surface area (Å²) in [7, 11) is 0. The summed E-state index contributed by atoms with van der Waals surface area (Å²) in [5.41, 5.74) is 0.769. The third-order valence-electron chi connectivity index (χ3n) is 3.45. The van der Waals surface area contributed by atoms with Crippen molar-refractivity contribution in [1.29, 1.82) is 0 Å². The van der Waals surface area contributed by atoms with Gasteiger partial charge < -0.3 is 4.42 Å². The molecule has 0 unspecified atom stereocenters. The number of carbonyl (C=O) groups is 4. The number of fused-ring (bicyclic) bond motifs is 2. The number of benzene rings is 1. The molecule has 0 amide bonds. The molecule has 0 saturated carbocycles. The molecule has 0 spiro atoms. The van der Waals surface area contributed by atoms with E-state index < -0.39 is 11.6 Å². The van der Waals surface area contributed by atoms with Crippen molar-refractivity contribution >= 4 is 23.1 Å². The van der Waals surface area contributed by atoms with Gasteiger partial charge in [-0.15, -0.1) is 0 Å². The van der Waals surface area contributed by atoms with Gasteiger partial charge in [0.25, 0.3) is 0 Å². The lowest BCUT2D eigenvalue weighted by molar-refractivity contribution is 0.0945. The summed E-state index contributed by atoms with van der Waals surface area (Å²) in [5.74, 6) is -1.57. The maximum absolute atomic E-state index is 12.4. The Morgan fingerprint density at radius 3 is 2.19 bits per heavy atom. The van der Waals surface area contributed by atoms with Crippen molar-refractivity contribution in [2.24, 2.45) is 0 Å². The molecule has 3 rings (SSSR count). The van der Waals surface area contributed by atoms with Crippen molar-refractivity contribution in [3.05, 3.63) is 58.0 Å². The van der Waals surface area contributed by atoms with E-state index >= 15 is 0 Å². The van der Waals surface area contributed by atoms with Gasteiger partial charge >= 0.3 is 0 Å². The Bertz CT molecular complexity index is 838. The highest BCUT2D eigenvalue weighted by atomic mass is 16.4. The fourth-order valence-electron chi connectivity index (χ4n) is 2.32. The molecule has 21 heavy (non-hydrogen) atoms. The number of hydrogen-bond acceptors (Lipinski definition) is 5. The van der Waals surface area contributed by atoms with Gasteiger partial charge in [-0.3, -0.25) is 19.2 Å². The summed E-state index contributed by atoms with van der Waals surface area (Å²) >= 11 is 0. The quantitative estimate of drug-likeness (QED) is 0.674. The van der Waals surface area contributed by atoms with Gasteiger partial charge in [-0.2, -0.15) is 0 Å². The van der Waals surface area contributed by atoms with E-state index in [0.29, 0.717) is 5.56 Å². The molecule has 1 aromatic heterocycles. The van der Waals surface area contributed by atoms with Crippen LogP contribution in [-0.4, -0.2) is 23.1 Å². The van der Waals surface area contributed by atoms with E-state index in [0.717, 1.165) is 0 Å². The normalized spacial score (nSPS) is 12.9. The van der Waals surface area contributed by atoms with Crippen molar-refractivity contribution in [3.63, 3.8) is 0 Å². The summed E-state index contributed by atoms with van der Waals surface area (Å²) in [4.78, 5) is 47.5. The van der Waals surface area contributed by atoms with Crippen LogP contribution in [0.3, 0.4) is 0 Å². The van der Waals surface area contributed by atoms with Crippen LogP contribution in [0.2, 0.25) is 0 Å². The lowest BCUT2D eigenvalue weighted by Crippen LogP contribution is -2.19. The van der Waals surface area contributed by atoms with Crippen LogP contribution in [0.25, 0.3) is 0 Å². The van der Waals surface area contributed by atoms with Gasteiger partial charge in [0.1, 0.15) is 0 Å². The topological polar surface area (TPSA) is 81.4 Å². The fourth-order valence-corrected chi connectivity index (χ4v) is 2.32. The van der Waals surface area contributed by atoms with Crippen LogP contribution in [0, 0.1) is 0 Å². The van der Waals surface area contributed by atoms with Gasteiger partial charge in [0.15, 0.2) is 28.9 Å². The first kappa shape index (κ1) is 13.2. The zero-order valence-corrected chi connectivity index (χ0v) is 11.4. The molecule has 1 aliphatic rings. The molecule has 104 valence electrons. The predicted octanol–water partition coefficient (Wildman–Crippen LogP) is 2.46. The number of ketones is 4. The first-order valence-corrected chi connectivity index (χ1v) is 6.29. The number of carbonyl (C=O) groups excluding carboxylic acids is 4. The maximum Gasteiger partial charge on any atom is 0.229 e. The van der Waals surface area contributed by atoms with Crippen LogP contribution in [0.15, 0.2) is 28.7 Å². The standard InChI is InChI=1S/C16H10O5/c1-7(17)9-3-4-10-11(5-9)14(19)12-6-13(8(2)18)21-16(12)15(10)20/h3-6H,1-2H3. The second kappa shape index (κ2) is 4.34. The highest BCUT2D eigenvalue weighted by Crippen LogP contribution is 2.30. The van der Waals surface area contributed by atoms with E-state index in [4.69, 9.17) is 4.42 Å². The highest BCUT2D eigenvalue weighted by Gasteiger charge is 2.34. The van der Waals surface area contributed by atoms with Crippen LogP contribution < -0.4 is 0 Å². The molecule has 1 aliphatic carbocycles. The minimum Gasteiger partial charge on any atom is -0.449 e. The van der Waals surface area contributed by atoms with Crippen molar-refractivity contribution < 1.29 is 23.6 Å². The summed E-state index contributed by atoms with van der Waals surface area (Å²) < 4.78 is 5.20. The molecule has 0 saturated heterocycles. The Balaban J connectivity index is 2.22. The Morgan fingerprint density at radius 1 is 0.857 bits per heavy atom. The van der Waals surface area contributed by atoms with Crippen LogP contribution in [-0.2, 0) is 0 Å². The van der Waals surface area contributed by atoms with E-state index in [-0.39, 0.29) is 39.8 Å². The monoisotopic (exact) mass is 282 g/mol. The Hall–Kier alpha value is -2.82. The average molecular weight is 282 g/mol. The Kier molecular flexibility index (Phi) is 2.73. The lowest BCUT2D eigenvalue weighted by Gasteiger charge is -2.13. The van der Waals surface area contributed by atoms with Crippen LogP contribution in [0.5, 0.6) is 0 Å². The Labute approximate surface area is 119 Å². The van der Waals surface area contributed by atoms with Crippen LogP contribution in [0.1, 0.15) is 66.8 Å². The van der Waals surface area contributed by atoms with Crippen LogP contribution in [0.4, 0.5) is 0 Å². The molecule has 0 radical (unpaired) electrons. The molecule has 2 aromatic rings. The molecule has 0 fully saturated rings. The molecule has 0 N–H and O–H groups in total. The van der Waals surface area contributed by atoms with E-state index in [1.807, 2.05) is 0 Å². The van der Waals surface area contributed by atoms with Gasteiger partial charge in [0.2, 0.25) is 5.78 Å². The number of furan rings is 1. The van der Waals surface area contributed by atoms with E-state index in [9.17, 15) is 19.2 Å². The second-order valence-electron chi connectivity index (χ2n) is 4.88. The van der Waals surface area contributed by atoms with Crippen molar-refractivity contribution in [3.8, 4) is 0 Å². The lowest BCUT2D eigenvalue weighted by atomic mass is 9.87. The SMILES string of the molecule is CC(=O)c1ccc2c(c1)C(=O)c1cc(C(C)=O)oc1C2=O. The summed E-state index contributed by atoms with van der Waals surface area (Å²) in [6, 6.07) is 5.61. The maximum atomic E-state index is 12.4. The van der Waals surface area contributed by atoms with Gasteiger partial charge in [-0.1, -0.05) is 6.07 Å². The summed E-state index contributed by atoms with van der Waals surface area (Å²) in [5, 5.41) is 0. The zero-order chi connectivity index (χ0) is 15.3. The first-order chi connectivity index (χ1) is 9.90.